The Hall–Kier alpha value is -1.31. The van der Waals surface area contributed by atoms with Crippen LogP contribution in [0.2, 0.25) is 0 Å². The van der Waals surface area contributed by atoms with Gasteiger partial charge in [-0.25, -0.2) is 0 Å². The first-order valence-corrected chi connectivity index (χ1v) is 6.40. The molecule has 124 valence electrons. The fourth-order valence-electron chi connectivity index (χ4n) is 1.52. The molecule has 2 N–H and O–H groups in total. The SMILES string of the molecule is CC(C)(C)OC(=O)C[C@@H](C(=O)NCC(F)(F)F)C(C)(C)O. The fourth-order valence-corrected chi connectivity index (χ4v) is 1.52. The number of aliphatic hydroxyl groups is 1. The van der Waals surface area contributed by atoms with E-state index >= 15 is 0 Å². The molecule has 0 aliphatic heterocycles. The number of nitrogens with one attached hydrogen (secondary N) is 1. The lowest BCUT2D eigenvalue weighted by molar-refractivity contribution is -0.162. The zero-order chi connectivity index (χ0) is 17.1. The molecule has 0 bridgehead atoms. The molecule has 8 heteroatoms. The van der Waals surface area contributed by atoms with Crippen molar-refractivity contribution in [2.24, 2.45) is 5.92 Å². The van der Waals surface area contributed by atoms with Crippen LogP contribution in [0.15, 0.2) is 0 Å². The minimum absolute atomic E-state index is 0.509. The van der Waals surface area contributed by atoms with E-state index in [1.165, 1.54) is 13.8 Å². The standard InChI is InChI=1S/C13H22F3NO4/c1-11(2,3)21-9(18)6-8(12(4,5)20)10(19)17-7-13(14,15)16/h8,20H,6-7H2,1-5H3,(H,17,19)/t8-/m0/s1. The van der Waals surface area contributed by atoms with Crippen molar-refractivity contribution in [3.63, 3.8) is 0 Å². The van der Waals surface area contributed by atoms with Crippen molar-refractivity contribution < 1.29 is 32.6 Å². The van der Waals surface area contributed by atoms with E-state index in [9.17, 15) is 27.9 Å². The Bertz CT molecular complexity index is 380. The van der Waals surface area contributed by atoms with Gasteiger partial charge < -0.3 is 15.2 Å². The summed E-state index contributed by atoms with van der Waals surface area (Å²) in [6.07, 6.45) is -5.07. The lowest BCUT2D eigenvalue weighted by Gasteiger charge is -2.29. The Balaban J connectivity index is 4.83. The summed E-state index contributed by atoms with van der Waals surface area (Å²) < 4.78 is 41.3. The molecule has 0 radical (unpaired) electrons. The average molecular weight is 313 g/mol. The van der Waals surface area contributed by atoms with Crippen LogP contribution in [0.4, 0.5) is 13.2 Å². The number of halogens is 3. The molecule has 0 aliphatic rings. The van der Waals surface area contributed by atoms with Crippen LogP contribution in [0.3, 0.4) is 0 Å². The number of carbonyl (C=O) groups excluding carboxylic acids is 2. The normalized spacial score (nSPS) is 14.5. The van der Waals surface area contributed by atoms with Gasteiger partial charge in [0.25, 0.3) is 0 Å². The molecule has 0 saturated carbocycles. The zero-order valence-electron chi connectivity index (χ0n) is 12.8. The maximum atomic E-state index is 12.1. The van der Waals surface area contributed by atoms with Gasteiger partial charge in [0.2, 0.25) is 5.91 Å². The largest absolute Gasteiger partial charge is 0.460 e. The highest BCUT2D eigenvalue weighted by atomic mass is 19.4. The van der Waals surface area contributed by atoms with Crippen molar-refractivity contribution in [2.75, 3.05) is 6.54 Å². The Labute approximate surface area is 121 Å². The topological polar surface area (TPSA) is 75.6 Å². The monoisotopic (exact) mass is 313 g/mol. The first-order valence-electron chi connectivity index (χ1n) is 6.40. The molecule has 0 aliphatic carbocycles. The van der Waals surface area contributed by atoms with Gasteiger partial charge in [0, 0.05) is 0 Å². The average Bonchev–Trinajstić information content (AvgIpc) is 2.17. The smallest absolute Gasteiger partial charge is 0.405 e. The number of alkyl halides is 3. The molecule has 5 nitrogen and oxygen atoms in total. The molecule has 0 fully saturated rings. The fraction of sp³-hybridized carbons (Fsp3) is 0.846. The number of rotatable bonds is 5. The molecule has 1 atom stereocenters. The van der Waals surface area contributed by atoms with Crippen molar-refractivity contribution in [1.29, 1.82) is 0 Å². The van der Waals surface area contributed by atoms with Crippen molar-refractivity contribution in [3.8, 4) is 0 Å². The van der Waals surface area contributed by atoms with Crippen LogP contribution in [0.25, 0.3) is 0 Å². The second kappa shape index (κ2) is 6.64. The van der Waals surface area contributed by atoms with Crippen LogP contribution in [0.1, 0.15) is 41.0 Å². The molecule has 0 aromatic carbocycles. The third-order valence-corrected chi connectivity index (χ3v) is 2.42. The Morgan fingerprint density at radius 1 is 1.14 bits per heavy atom. The third-order valence-electron chi connectivity index (χ3n) is 2.42. The zero-order valence-corrected chi connectivity index (χ0v) is 12.8. The van der Waals surface area contributed by atoms with Crippen molar-refractivity contribution in [2.45, 2.75) is 58.4 Å². The lowest BCUT2D eigenvalue weighted by Crippen LogP contribution is -2.47. The maximum Gasteiger partial charge on any atom is 0.405 e. The molecule has 0 heterocycles. The van der Waals surface area contributed by atoms with Gasteiger partial charge in [0.05, 0.1) is 17.9 Å². The Kier molecular flexibility index (Phi) is 6.22. The molecule has 0 aromatic heterocycles. The molecule has 21 heavy (non-hydrogen) atoms. The summed E-state index contributed by atoms with van der Waals surface area (Å²) in [6, 6.07) is 0. The van der Waals surface area contributed by atoms with Crippen LogP contribution >= 0.6 is 0 Å². The highest BCUT2D eigenvalue weighted by Gasteiger charge is 2.38. The van der Waals surface area contributed by atoms with Crippen LogP contribution in [0.5, 0.6) is 0 Å². The van der Waals surface area contributed by atoms with Crippen LogP contribution in [0, 0.1) is 5.92 Å². The number of esters is 1. The van der Waals surface area contributed by atoms with Gasteiger partial charge in [-0.2, -0.15) is 13.2 Å². The first kappa shape index (κ1) is 19.7. The van der Waals surface area contributed by atoms with Crippen LogP contribution < -0.4 is 5.32 Å². The van der Waals surface area contributed by atoms with Crippen molar-refractivity contribution in [1.82, 2.24) is 5.32 Å². The van der Waals surface area contributed by atoms with Gasteiger partial charge in [-0.1, -0.05) is 0 Å². The molecule has 0 unspecified atom stereocenters. The van der Waals surface area contributed by atoms with Gasteiger partial charge >= 0.3 is 12.1 Å². The predicted octanol–water partition coefficient (Wildman–Crippen LogP) is 1.78. The van der Waals surface area contributed by atoms with Crippen LogP contribution in [-0.2, 0) is 14.3 Å². The lowest BCUT2D eigenvalue weighted by atomic mass is 9.87. The van der Waals surface area contributed by atoms with E-state index in [0.717, 1.165) is 0 Å². The third kappa shape index (κ3) is 9.28. The quantitative estimate of drug-likeness (QED) is 0.759. The highest BCUT2D eigenvalue weighted by Crippen LogP contribution is 2.23. The van der Waals surface area contributed by atoms with Gasteiger partial charge in [0.1, 0.15) is 12.1 Å². The van der Waals surface area contributed by atoms with E-state index in [2.05, 4.69) is 0 Å². The van der Waals surface area contributed by atoms with Gasteiger partial charge in [-0.15, -0.1) is 0 Å². The molecule has 0 aromatic rings. The maximum absolute atomic E-state index is 12.1. The first-order chi connectivity index (χ1) is 9.12. The number of amides is 1. The second-order valence-electron chi connectivity index (χ2n) is 6.33. The summed E-state index contributed by atoms with van der Waals surface area (Å²) in [6.45, 7) is 5.83. The summed E-state index contributed by atoms with van der Waals surface area (Å²) in [5.41, 5.74) is -2.45. The number of hydrogen-bond donors (Lipinski definition) is 2. The summed E-state index contributed by atoms with van der Waals surface area (Å²) >= 11 is 0. The van der Waals surface area contributed by atoms with E-state index in [1.54, 1.807) is 26.1 Å². The Morgan fingerprint density at radius 2 is 1.62 bits per heavy atom. The van der Waals surface area contributed by atoms with Crippen molar-refractivity contribution >= 4 is 11.9 Å². The molecular weight excluding hydrogens is 291 g/mol. The molecule has 1 amide bonds. The number of hydrogen-bond acceptors (Lipinski definition) is 4. The summed E-state index contributed by atoms with van der Waals surface area (Å²) in [7, 11) is 0. The van der Waals surface area contributed by atoms with E-state index in [0.29, 0.717) is 0 Å². The minimum atomic E-state index is -4.56. The van der Waals surface area contributed by atoms with E-state index in [1.807, 2.05) is 0 Å². The molecule has 0 saturated heterocycles. The molecular formula is C13H22F3NO4. The predicted molar refractivity (Wildman–Crippen MR) is 69.3 cm³/mol. The summed E-state index contributed by atoms with van der Waals surface area (Å²) in [5, 5.41) is 11.5. The highest BCUT2D eigenvalue weighted by molar-refractivity contribution is 5.84. The Morgan fingerprint density at radius 3 is 1.95 bits per heavy atom. The number of carbonyl (C=O) groups is 2. The van der Waals surface area contributed by atoms with E-state index < -0.39 is 48.1 Å². The van der Waals surface area contributed by atoms with E-state index in [4.69, 9.17) is 4.74 Å². The van der Waals surface area contributed by atoms with E-state index in [-0.39, 0.29) is 0 Å². The molecule has 0 rings (SSSR count). The second-order valence-corrected chi connectivity index (χ2v) is 6.33. The summed E-state index contributed by atoms with van der Waals surface area (Å²) in [4.78, 5) is 23.4. The van der Waals surface area contributed by atoms with Gasteiger partial charge in [-0.05, 0) is 34.6 Å². The summed E-state index contributed by atoms with van der Waals surface area (Å²) in [5.74, 6) is -3.16. The van der Waals surface area contributed by atoms with Crippen molar-refractivity contribution in [3.05, 3.63) is 0 Å². The molecule has 0 spiro atoms. The van der Waals surface area contributed by atoms with Gasteiger partial charge in [-0.3, -0.25) is 9.59 Å². The van der Waals surface area contributed by atoms with Gasteiger partial charge in [0.15, 0.2) is 0 Å². The number of ether oxygens (including phenoxy) is 1. The van der Waals surface area contributed by atoms with Crippen LogP contribution in [-0.4, -0.2) is 40.9 Å². The minimum Gasteiger partial charge on any atom is -0.460 e.